The number of benzene rings is 5. The van der Waals surface area contributed by atoms with Gasteiger partial charge in [-0.1, -0.05) is 121 Å². The second kappa shape index (κ2) is 23.5. The van der Waals surface area contributed by atoms with Gasteiger partial charge in [0.2, 0.25) is 35.4 Å². The summed E-state index contributed by atoms with van der Waals surface area (Å²) in [5.41, 5.74) is 10.4. The second-order valence-electron chi connectivity index (χ2n) is 17.9. The number of H-pyrrole nitrogens is 1. The minimum absolute atomic E-state index is 0.0150. The maximum Gasteiger partial charge on any atom is 0.247 e. The molecule has 0 aliphatic carbocycles. The van der Waals surface area contributed by atoms with Gasteiger partial charge >= 0.3 is 0 Å². The average Bonchev–Trinajstić information content (AvgIpc) is 4.05. The van der Waals surface area contributed by atoms with Crippen LogP contribution in [-0.4, -0.2) is 88.6 Å². The number of ether oxygens (including phenoxy) is 1. The van der Waals surface area contributed by atoms with E-state index >= 15 is 0 Å². The van der Waals surface area contributed by atoms with Gasteiger partial charge in [-0.15, -0.1) is 0 Å². The van der Waals surface area contributed by atoms with E-state index in [-0.39, 0.29) is 32.2 Å². The number of nitrogens with zero attached hydrogens (tertiary/aromatic N) is 1. The molecule has 0 bridgehead atoms. The molecule has 1 aromatic heterocycles. The Balaban J connectivity index is 1.16. The molecule has 2 aliphatic rings. The van der Waals surface area contributed by atoms with Crippen LogP contribution in [-0.2, 0) is 54.6 Å². The number of hydrogen-bond acceptors (Lipinski definition) is 8. The van der Waals surface area contributed by atoms with Crippen LogP contribution in [0.25, 0.3) is 10.9 Å². The number of rotatable bonds is 14. The van der Waals surface area contributed by atoms with Gasteiger partial charge < -0.3 is 46.9 Å². The summed E-state index contributed by atoms with van der Waals surface area (Å²) >= 11 is 0. The molecule has 5 aromatic carbocycles. The first-order chi connectivity index (χ1) is 34.1. The third-order valence-corrected chi connectivity index (χ3v) is 13.0. The van der Waals surface area contributed by atoms with E-state index in [9.17, 15) is 28.8 Å². The van der Waals surface area contributed by atoms with E-state index in [2.05, 4.69) is 31.6 Å². The third-order valence-electron chi connectivity index (χ3n) is 13.0. The van der Waals surface area contributed by atoms with Crippen LogP contribution in [0.3, 0.4) is 0 Å². The van der Waals surface area contributed by atoms with Crippen LogP contribution < -0.4 is 37.1 Å². The first kappa shape index (κ1) is 48.7. The quantitative estimate of drug-likeness (QED) is 0.0758. The molecule has 2 aliphatic heterocycles. The zero-order valence-electron chi connectivity index (χ0n) is 39.0. The van der Waals surface area contributed by atoms with Crippen molar-refractivity contribution in [3.05, 3.63) is 174 Å². The average molecular weight is 945 g/mol. The Morgan fingerprint density at radius 1 is 0.543 bits per heavy atom. The van der Waals surface area contributed by atoms with Crippen molar-refractivity contribution in [3.63, 3.8) is 0 Å². The van der Waals surface area contributed by atoms with E-state index in [4.69, 9.17) is 10.5 Å². The third kappa shape index (κ3) is 12.5. The molecular weight excluding hydrogens is 885 g/mol. The minimum Gasteiger partial charge on any atom is -0.489 e. The van der Waals surface area contributed by atoms with Gasteiger partial charge in [0, 0.05) is 42.9 Å². The molecule has 0 saturated carbocycles. The number of nitrogens with one attached hydrogen (secondary N) is 6. The van der Waals surface area contributed by atoms with Gasteiger partial charge in [-0.25, -0.2) is 0 Å². The van der Waals surface area contributed by atoms with Crippen molar-refractivity contribution >= 4 is 46.3 Å². The van der Waals surface area contributed by atoms with Crippen molar-refractivity contribution < 1.29 is 33.5 Å². The molecule has 6 aromatic rings. The Morgan fingerprint density at radius 3 is 1.83 bits per heavy atom. The maximum absolute atomic E-state index is 14.9. The van der Waals surface area contributed by atoms with E-state index < -0.39 is 71.7 Å². The van der Waals surface area contributed by atoms with Gasteiger partial charge in [0.25, 0.3) is 0 Å². The Hall–Kier alpha value is -7.78. The molecule has 6 atom stereocenters. The van der Waals surface area contributed by atoms with E-state index in [1.807, 2.05) is 97.1 Å². The van der Waals surface area contributed by atoms with Crippen molar-refractivity contribution in [2.45, 2.75) is 94.2 Å². The van der Waals surface area contributed by atoms with Crippen LogP contribution in [0.5, 0.6) is 5.75 Å². The highest BCUT2D eigenvalue weighted by Crippen LogP contribution is 2.24. The number of fused-ring (bicyclic) bond motifs is 2. The van der Waals surface area contributed by atoms with Gasteiger partial charge in [-0.05, 0) is 84.7 Å². The monoisotopic (exact) mass is 944 g/mol. The lowest BCUT2D eigenvalue weighted by atomic mass is 9.99. The smallest absolute Gasteiger partial charge is 0.247 e. The van der Waals surface area contributed by atoms with Crippen molar-refractivity contribution in [2.24, 2.45) is 5.73 Å². The Kier molecular flexibility index (Phi) is 16.3. The highest BCUT2D eigenvalue weighted by atomic mass is 16.5. The molecule has 15 nitrogen and oxygen atoms in total. The fraction of sp³-hybridized carbons (Fsp3) is 0.309. The number of amides is 6. The summed E-state index contributed by atoms with van der Waals surface area (Å²) in [5, 5.41) is 15.5. The summed E-state index contributed by atoms with van der Waals surface area (Å²) in [6.07, 6.45) is 3.90. The second-order valence-corrected chi connectivity index (χ2v) is 17.9. The number of aromatic nitrogens is 1. The van der Waals surface area contributed by atoms with Crippen LogP contribution in [0.4, 0.5) is 0 Å². The molecule has 362 valence electrons. The lowest BCUT2D eigenvalue weighted by Gasteiger charge is -2.32. The number of carbonyl (C=O) groups excluding carboxylic acids is 6. The summed E-state index contributed by atoms with van der Waals surface area (Å²) in [6.45, 7) is 0.935. The van der Waals surface area contributed by atoms with Crippen LogP contribution in [0.1, 0.15) is 66.0 Å². The summed E-state index contributed by atoms with van der Waals surface area (Å²) in [6, 6.07) is 35.4. The molecule has 6 amide bonds. The van der Waals surface area contributed by atoms with Gasteiger partial charge in [0.1, 0.15) is 48.6 Å². The van der Waals surface area contributed by atoms with E-state index in [0.717, 1.165) is 27.6 Å². The number of carbonyl (C=O) groups is 6. The largest absolute Gasteiger partial charge is 0.489 e. The predicted molar refractivity (Wildman–Crippen MR) is 266 cm³/mol. The molecule has 3 heterocycles. The normalized spacial score (nSPS) is 21.6. The maximum atomic E-state index is 14.9. The predicted octanol–water partition coefficient (Wildman–Crippen LogP) is 4.71. The van der Waals surface area contributed by atoms with Gasteiger partial charge in [0.05, 0.1) is 0 Å². The zero-order chi connectivity index (χ0) is 48.8. The molecule has 0 spiro atoms. The highest BCUT2D eigenvalue weighted by molar-refractivity contribution is 5.99. The summed E-state index contributed by atoms with van der Waals surface area (Å²) in [7, 11) is 0. The molecule has 70 heavy (non-hydrogen) atoms. The molecule has 2 fully saturated rings. The number of aromatic amines is 1. The van der Waals surface area contributed by atoms with Gasteiger partial charge in [0.15, 0.2) is 0 Å². The number of para-hydroxylation sites is 1. The van der Waals surface area contributed by atoms with Crippen LogP contribution >= 0.6 is 0 Å². The summed E-state index contributed by atoms with van der Waals surface area (Å²) in [4.78, 5) is 93.1. The zero-order valence-corrected chi connectivity index (χ0v) is 39.0. The SMILES string of the molecule is NCCCCC1NC(=O)[C@@H](Cc2c[nH]c3ccccc23)NC(=O)C(c2ccccc2)NC(=O)C2CCCN2C(=O)C(Cc2ccccc2)NC(=O)C(Cc2ccc(OCc3ccccc3)cc2)NC1=O. The summed E-state index contributed by atoms with van der Waals surface area (Å²) < 4.78 is 6.02. The van der Waals surface area contributed by atoms with E-state index in [1.54, 1.807) is 48.7 Å². The molecule has 2 saturated heterocycles. The van der Waals surface area contributed by atoms with Gasteiger partial charge in [-0.3, -0.25) is 28.8 Å². The van der Waals surface area contributed by atoms with E-state index in [0.29, 0.717) is 55.7 Å². The number of unbranched alkanes of at least 4 members (excludes halogenated alkanes) is 1. The summed E-state index contributed by atoms with van der Waals surface area (Å²) in [5.74, 6) is -3.00. The highest BCUT2D eigenvalue weighted by Gasteiger charge is 2.41. The Bertz CT molecular complexity index is 2730. The molecule has 8 rings (SSSR count). The standard InChI is InChI=1S/C55H60N8O7/c56-29-13-12-23-44-50(64)59-45(31-37-25-27-41(28-26-37)70-35-38-17-6-2-7-18-38)51(65)61-47(32-36-15-4-1-5-16-36)55(69)63-30-14-24-48(63)53(67)62-49(39-19-8-3-9-20-39)54(68)60-46(52(66)58-44)33-40-34-57-43-22-11-10-21-42(40)43/h1-11,15-22,25-28,34,44-49,57H,12-14,23-24,29-33,35,56H2,(H,58,66)(H,59,64)(H,60,68)(H,61,65)(H,62,67)/t44?,45?,46-,47?,48?,49?/m1/s1. The fourth-order valence-corrected chi connectivity index (χ4v) is 9.21. The van der Waals surface area contributed by atoms with Crippen molar-refractivity contribution in [1.82, 2.24) is 36.5 Å². The fourth-order valence-electron chi connectivity index (χ4n) is 9.21. The van der Waals surface area contributed by atoms with Crippen LogP contribution in [0.2, 0.25) is 0 Å². The number of hydrogen-bond donors (Lipinski definition) is 7. The molecule has 15 heteroatoms. The van der Waals surface area contributed by atoms with Crippen molar-refractivity contribution in [1.29, 1.82) is 0 Å². The first-order valence-electron chi connectivity index (χ1n) is 24.1. The van der Waals surface area contributed by atoms with Crippen molar-refractivity contribution in [3.8, 4) is 5.75 Å². The molecule has 8 N–H and O–H groups in total. The number of nitrogens with two attached hydrogens (primary N) is 1. The lowest BCUT2D eigenvalue weighted by molar-refractivity contribution is -0.142. The van der Waals surface area contributed by atoms with Gasteiger partial charge in [-0.2, -0.15) is 0 Å². The van der Waals surface area contributed by atoms with E-state index in [1.165, 1.54) is 4.90 Å². The molecular formula is C55H60N8O7. The Morgan fingerprint density at radius 2 is 1.11 bits per heavy atom. The minimum atomic E-state index is -1.27. The topological polar surface area (TPSA) is 217 Å². The van der Waals surface area contributed by atoms with Crippen LogP contribution in [0, 0.1) is 0 Å². The molecule has 0 radical (unpaired) electrons. The van der Waals surface area contributed by atoms with Crippen LogP contribution in [0.15, 0.2) is 146 Å². The Labute approximate surface area is 407 Å². The van der Waals surface area contributed by atoms with Crippen molar-refractivity contribution in [2.75, 3.05) is 13.1 Å². The first-order valence-corrected chi connectivity index (χ1v) is 24.1. The molecule has 5 unspecified atom stereocenters. The lowest BCUT2D eigenvalue weighted by Crippen LogP contribution is -2.61.